The first-order valence-electron chi connectivity index (χ1n) is 21.2. The SMILES string of the molecule is c1ccc(-c2ccc(-c3nc(-c4ccccc4)nc(-c4ccc5c(c4)c4ccc6c7cc(-n8c9ccccc9c9ccccc98)ccc7oc6c4n5-c4ccccc4)n3)cc2)cc1. The van der Waals surface area contributed by atoms with Gasteiger partial charge in [0.2, 0.25) is 0 Å². The molecule has 6 nitrogen and oxygen atoms in total. The van der Waals surface area contributed by atoms with E-state index in [1.807, 2.05) is 36.4 Å². The van der Waals surface area contributed by atoms with Gasteiger partial charge in [-0.05, 0) is 77.9 Å². The lowest BCUT2D eigenvalue weighted by molar-refractivity contribution is 0.671. The molecule has 0 fully saturated rings. The van der Waals surface area contributed by atoms with Gasteiger partial charge in [-0.25, -0.2) is 15.0 Å². The van der Waals surface area contributed by atoms with Crippen LogP contribution in [-0.4, -0.2) is 24.1 Å². The number of furan rings is 1. The molecular weight excluding hydrogens is 771 g/mol. The maximum Gasteiger partial charge on any atom is 0.164 e. The Balaban J connectivity index is 1.00. The smallest absolute Gasteiger partial charge is 0.164 e. The molecule has 6 heteroatoms. The van der Waals surface area contributed by atoms with Gasteiger partial charge in [0, 0.05) is 60.4 Å². The number of hydrogen-bond acceptors (Lipinski definition) is 4. The van der Waals surface area contributed by atoms with Gasteiger partial charge < -0.3 is 13.6 Å². The molecule has 13 aromatic rings. The summed E-state index contributed by atoms with van der Waals surface area (Å²) in [5.41, 5.74) is 13.3. The number of para-hydroxylation sites is 3. The summed E-state index contributed by atoms with van der Waals surface area (Å²) in [6, 6.07) is 74.3. The van der Waals surface area contributed by atoms with Gasteiger partial charge in [0.1, 0.15) is 5.58 Å². The third kappa shape index (κ3) is 5.62. The molecule has 9 aromatic carbocycles. The van der Waals surface area contributed by atoms with Crippen molar-refractivity contribution in [1.82, 2.24) is 24.1 Å². The Morgan fingerprint density at radius 1 is 0.302 bits per heavy atom. The first-order chi connectivity index (χ1) is 31.2. The summed E-state index contributed by atoms with van der Waals surface area (Å²) < 4.78 is 11.6. The Hall–Kier alpha value is -8.61. The molecule has 0 bridgehead atoms. The number of hydrogen-bond donors (Lipinski definition) is 0. The van der Waals surface area contributed by atoms with Crippen molar-refractivity contribution in [2.75, 3.05) is 0 Å². The highest BCUT2D eigenvalue weighted by atomic mass is 16.3. The van der Waals surface area contributed by atoms with E-state index in [2.05, 4.69) is 185 Å². The highest BCUT2D eigenvalue weighted by Crippen LogP contribution is 2.42. The first kappa shape index (κ1) is 35.2. The molecule has 13 rings (SSSR count). The summed E-state index contributed by atoms with van der Waals surface area (Å²) in [7, 11) is 0. The van der Waals surface area contributed by atoms with Crippen LogP contribution in [0.1, 0.15) is 0 Å². The number of benzene rings is 9. The van der Waals surface area contributed by atoms with Crippen LogP contribution < -0.4 is 0 Å². The van der Waals surface area contributed by atoms with E-state index in [4.69, 9.17) is 19.4 Å². The van der Waals surface area contributed by atoms with Gasteiger partial charge in [0.15, 0.2) is 23.1 Å². The van der Waals surface area contributed by atoms with Crippen molar-refractivity contribution in [2.24, 2.45) is 0 Å². The Morgan fingerprint density at radius 2 is 0.810 bits per heavy atom. The van der Waals surface area contributed by atoms with Gasteiger partial charge in [-0.15, -0.1) is 0 Å². The zero-order valence-corrected chi connectivity index (χ0v) is 33.9. The molecule has 0 aliphatic carbocycles. The van der Waals surface area contributed by atoms with Crippen LogP contribution in [0, 0.1) is 0 Å². The molecule has 0 aliphatic rings. The number of aromatic nitrogens is 5. The van der Waals surface area contributed by atoms with E-state index in [-0.39, 0.29) is 0 Å². The number of rotatable bonds is 6. The fraction of sp³-hybridized carbons (Fsp3) is 0. The van der Waals surface area contributed by atoms with Crippen LogP contribution in [0.2, 0.25) is 0 Å². The van der Waals surface area contributed by atoms with Gasteiger partial charge in [0.25, 0.3) is 0 Å². The average molecular weight is 806 g/mol. The summed E-state index contributed by atoms with van der Waals surface area (Å²) in [6.45, 7) is 0. The van der Waals surface area contributed by atoms with E-state index < -0.39 is 0 Å². The van der Waals surface area contributed by atoms with E-state index in [0.717, 1.165) is 82.9 Å². The lowest BCUT2D eigenvalue weighted by Crippen LogP contribution is -2.00. The second-order valence-electron chi connectivity index (χ2n) is 16.0. The number of nitrogens with zero attached hydrogens (tertiary/aromatic N) is 5. The summed E-state index contributed by atoms with van der Waals surface area (Å²) >= 11 is 0. The highest BCUT2D eigenvalue weighted by molar-refractivity contribution is 6.22. The van der Waals surface area contributed by atoms with E-state index in [9.17, 15) is 0 Å². The van der Waals surface area contributed by atoms with Crippen molar-refractivity contribution in [3.63, 3.8) is 0 Å². The minimum Gasteiger partial charge on any atom is -0.454 e. The first-order valence-corrected chi connectivity index (χ1v) is 21.2. The zero-order valence-electron chi connectivity index (χ0n) is 33.9. The van der Waals surface area contributed by atoms with Crippen molar-refractivity contribution in [3.05, 3.63) is 212 Å². The fourth-order valence-electron chi connectivity index (χ4n) is 9.44. The molecular formula is C57H35N5O. The van der Waals surface area contributed by atoms with Crippen LogP contribution in [0.3, 0.4) is 0 Å². The molecule has 0 N–H and O–H groups in total. The van der Waals surface area contributed by atoms with Crippen LogP contribution in [0.25, 0.3) is 122 Å². The molecule has 0 saturated carbocycles. The zero-order chi connectivity index (χ0) is 41.4. The Morgan fingerprint density at radius 3 is 1.49 bits per heavy atom. The normalized spacial score (nSPS) is 11.8. The standard InChI is InChI=1S/C57H35N5O/c1-4-14-36(15-5-1)37-24-26-39(27-25-37)56-58-55(38-16-6-2-7-17-38)59-57(60-56)40-28-32-51-47(34-40)45-30-31-46-48-35-42(61-49-22-12-10-20-43(49)44-21-11-13-23-50(44)61)29-33-52(48)63-54(46)53(45)62(51)41-18-8-3-9-19-41/h1-35H. The Labute approximate surface area is 361 Å². The molecule has 0 amide bonds. The van der Waals surface area contributed by atoms with Crippen LogP contribution in [0.15, 0.2) is 217 Å². The minimum atomic E-state index is 0.607. The molecule has 4 heterocycles. The summed E-state index contributed by atoms with van der Waals surface area (Å²) in [4.78, 5) is 15.3. The molecule has 4 aromatic heterocycles. The number of fused-ring (bicyclic) bond motifs is 10. The maximum atomic E-state index is 6.92. The molecule has 0 unspecified atom stereocenters. The molecule has 0 saturated heterocycles. The lowest BCUT2D eigenvalue weighted by Gasteiger charge is -2.10. The summed E-state index contributed by atoms with van der Waals surface area (Å²) in [6.07, 6.45) is 0. The minimum absolute atomic E-state index is 0.607. The maximum absolute atomic E-state index is 6.92. The third-order valence-corrected chi connectivity index (χ3v) is 12.4. The van der Waals surface area contributed by atoms with Gasteiger partial charge in [0.05, 0.1) is 22.1 Å². The Kier molecular flexibility index (Phi) is 7.80. The lowest BCUT2D eigenvalue weighted by atomic mass is 10.0. The van der Waals surface area contributed by atoms with E-state index in [0.29, 0.717) is 17.5 Å². The predicted octanol–water partition coefficient (Wildman–Crippen LogP) is 14.6. The van der Waals surface area contributed by atoms with Crippen molar-refractivity contribution in [2.45, 2.75) is 0 Å². The molecule has 63 heavy (non-hydrogen) atoms. The van der Waals surface area contributed by atoms with E-state index >= 15 is 0 Å². The van der Waals surface area contributed by atoms with Crippen molar-refractivity contribution in [3.8, 4) is 56.7 Å². The molecule has 0 aliphatic heterocycles. The second kappa shape index (κ2) is 14.0. The summed E-state index contributed by atoms with van der Waals surface area (Å²) in [5.74, 6) is 1.85. The van der Waals surface area contributed by atoms with Gasteiger partial charge in [-0.3, -0.25) is 0 Å². The Bertz CT molecular complexity index is 3830. The predicted molar refractivity (Wildman–Crippen MR) is 258 cm³/mol. The topological polar surface area (TPSA) is 61.7 Å². The fourth-order valence-corrected chi connectivity index (χ4v) is 9.44. The third-order valence-electron chi connectivity index (χ3n) is 12.4. The molecule has 294 valence electrons. The van der Waals surface area contributed by atoms with Crippen LogP contribution in [-0.2, 0) is 0 Å². The van der Waals surface area contributed by atoms with Gasteiger partial charge in [-0.2, -0.15) is 0 Å². The second-order valence-corrected chi connectivity index (χ2v) is 16.0. The van der Waals surface area contributed by atoms with Crippen molar-refractivity contribution < 1.29 is 4.42 Å². The highest BCUT2D eigenvalue weighted by Gasteiger charge is 2.22. The quantitative estimate of drug-likeness (QED) is 0.168. The van der Waals surface area contributed by atoms with Crippen LogP contribution in [0.4, 0.5) is 0 Å². The largest absolute Gasteiger partial charge is 0.454 e. The van der Waals surface area contributed by atoms with Crippen molar-refractivity contribution >= 4 is 65.6 Å². The molecule has 0 radical (unpaired) electrons. The van der Waals surface area contributed by atoms with Crippen LogP contribution >= 0.6 is 0 Å². The average Bonchev–Trinajstić information content (AvgIpc) is 4.02. The van der Waals surface area contributed by atoms with Crippen LogP contribution in [0.5, 0.6) is 0 Å². The molecule has 0 spiro atoms. The van der Waals surface area contributed by atoms with E-state index in [1.165, 1.54) is 21.8 Å². The monoisotopic (exact) mass is 805 g/mol. The van der Waals surface area contributed by atoms with Crippen molar-refractivity contribution in [1.29, 1.82) is 0 Å². The summed E-state index contributed by atoms with van der Waals surface area (Å²) in [5, 5.41) is 6.77. The van der Waals surface area contributed by atoms with E-state index in [1.54, 1.807) is 0 Å². The van der Waals surface area contributed by atoms with Gasteiger partial charge >= 0.3 is 0 Å². The van der Waals surface area contributed by atoms with Gasteiger partial charge in [-0.1, -0.05) is 146 Å². The molecule has 0 atom stereocenters.